The minimum atomic E-state index is -0.0921. The van der Waals surface area contributed by atoms with E-state index in [0.717, 1.165) is 34.1 Å². The Labute approximate surface area is 215 Å². The van der Waals surface area contributed by atoms with Crippen LogP contribution in [-0.4, -0.2) is 14.7 Å². The van der Waals surface area contributed by atoms with Gasteiger partial charge in [-0.1, -0.05) is 42.5 Å². The van der Waals surface area contributed by atoms with Gasteiger partial charge in [0.25, 0.3) is 0 Å². The Balaban J connectivity index is 1.36. The topological polar surface area (TPSA) is 42.3 Å². The summed E-state index contributed by atoms with van der Waals surface area (Å²) < 4.78 is 8.14. The molecule has 1 N–H and O–H groups in total. The Morgan fingerprint density at radius 2 is 1.42 bits per heavy atom. The van der Waals surface area contributed by atoms with E-state index in [2.05, 4.69) is 50.4 Å². The highest BCUT2D eigenvalue weighted by atomic mass is 32.1. The van der Waals surface area contributed by atoms with E-state index in [4.69, 9.17) is 17.0 Å². The van der Waals surface area contributed by atoms with Gasteiger partial charge in [-0.15, -0.1) is 0 Å². The van der Waals surface area contributed by atoms with Crippen molar-refractivity contribution in [3.8, 4) is 17.2 Å². The molecule has 3 aromatic carbocycles. The number of nitrogens with one attached hydrogen (secondary N) is 1. The fourth-order valence-electron chi connectivity index (χ4n) is 4.62. The van der Waals surface area contributed by atoms with Gasteiger partial charge in [0.1, 0.15) is 11.5 Å². The zero-order chi connectivity index (χ0) is 24.3. The highest BCUT2D eigenvalue weighted by Crippen LogP contribution is 2.42. The summed E-state index contributed by atoms with van der Waals surface area (Å²) in [4.78, 5) is 6.82. The molecule has 1 saturated heterocycles. The maximum Gasteiger partial charge on any atom is 0.174 e. The van der Waals surface area contributed by atoms with E-state index in [9.17, 15) is 0 Å². The molecule has 1 fully saturated rings. The van der Waals surface area contributed by atoms with E-state index in [-0.39, 0.29) is 12.1 Å². The first-order valence-corrected chi connectivity index (χ1v) is 12.2. The quantitative estimate of drug-likeness (QED) is 0.265. The molecule has 6 heteroatoms. The summed E-state index contributed by atoms with van der Waals surface area (Å²) in [5, 5.41) is 4.19. The average Bonchev–Trinajstić information content (AvgIpc) is 3.56. The minimum Gasteiger partial charge on any atom is -0.457 e. The monoisotopic (exact) mass is 488 g/mol. The Kier molecular flexibility index (Phi) is 5.93. The van der Waals surface area contributed by atoms with Crippen LogP contribution in [0.15, 0.2) is 128 Å². The molecular formula is C30H24N4OS. The van der Waals surface area contributed by atoms with Gasteiger partial charge in [0.2, 0.25) is 0 Å². The fraction of sp³-hybridized carbons (Fsp3) is 0.0667. The lowest BCUT2D eigenvalue weighted by atomic mass is 9.98. The third-order valence-corrected chi connectivity index (χ3v) is 6.62. The molecule has 0 radical (unpaired) electrons. The van der Waals surface area contributed by atoms with Gasteiger partial charge in [-0.3, -0.25) is 4.98 Å². The average molecular weight is 489 g/mol. The Morgan fingerprint density at radius 3 is 2.14 bits per heavy atom. The number of thiocarbonyl (C=S) groups is 1. The highest BCUT2D eigenvalue weighted by Gasteiger charge is 2.41. The normalized spacial score (nSPS) is 17.1. The molecule has 2 aromatic heterocycles. The lowest BCUT2D eigenvalue weighted by molar-refractivity contribution is 0.482. The van der Waals surface area contributed by atoms with Crippen molar-refractivity contribution in [3.63, 3.8) is 0 Å². The van der Waals surface area contributed by atoms with E-state index in [1.165, 1.54) is 0 Å². The van der Waals surface area contributed by atoms with Crippen molar-refractivity contribution in [2.24, 2.45) is 0 Å². The van der Waals surface area contributed by atoms with Gasteiger partial charge in [0.15, 0.2) is 5.11 Å². The van der Waals surface area contributed by atoms with Gasteiger partial charge in [0, 0.05) is 30.0 Å². The number of anilines is 1. The SMILES string of the molecule is S=C1NC(c2ccccn2)C(c2ccn(-c3ccccc3)c2)N1c1ccc(Oc2ccccc2)cc1. The fourth-order valence-corrected chi connectivity index (χ4v) is 4.97. The standard InChI is InChI=1S/C30H24N4OS/c36-30-32-28(27-13-7-8-19-31-27)29(22-18-20-33(21-22)23-9-3-1-4-10-23)34(30)24-14-16-26(17-15-24)35-25-11-5-2-6-12-25/h1-21,28-29H,(H,32,36). The summed E-state index contributed by atoms with van der Waals surface area (Å²) >= 11 is 5.86. The van der Waals surface area contributed by atoms with Crippen molar-refractivity contribution in [3.05, 3.63) is 139 Å². The van der Waals surface area contributed by atoms with Crippen LogP contribution in [0.4, 0.5) is 5.69 Å². The lowest BCUT2D eigenvalue weighted by Crippen LogP contribution is -2.29. The van der Waals surface area contributed by atoms with Gasteiger partial charge in [0.05, 0.1) is 17.8 Å². The predicted octanol–water partition coefficient (Wildman–Crippen LogP) is 6.84. The molecule has 36 heavy (non-hydrogen) atoms. The number of nitrogens with zero attached hydrogens (tertiary/aromatic N) is 3. The first-order valence-electron chi connectivity index (χ1n) is 11.8. The Morgan fingerprint density at radius 1 is 0.722 bits per heavy atom. The molecule has 1 aliphatic rings. The summed E-state index contributed by atoms with van der Waals surface area (Å²) in [6.07, 6.45) is 6.09. The number of hydrogen-bond donors (Lipinski definition) is 1. The number of para-hydroxylation sites is 2. The molecule has 0 spiro atoms. The molecule has 2 atom stereocenters. The second-order valence-electron chi connectivity index (χ2n) is 8.59. The van der Waals surface area contributed by atoms with Crippen LogP contribution in [0.25, 0.3) is 5.69 Å². The van der Waals surface area contributed by atoms with Crippen LogP contribution in [0.2, 0.25) is 0 Å². The molecule has 1 aliphatic heterocycles. The van der Waals surface area contributed by atoms with E-state index in [1.54, 1.807) is 0 Å². The Hall–Kier alpha value is -4.42. The van der Waals surface area contributed by atoms with Crippen LogP contribution in [-0.2, 0) is 0 Å². The van der Waals surface area contributed by atoms with Gasteiger partial charge >= 0.3 is 0 Å². The van der Waals surface area contributed by atoms with Gasteiger partial charge in [-0.2, -0.15) is 0 Å². The maximum absolute atomic E-state index is 6.00. The molecule has 0 amide bonds. The van der Waals surface area contributed by atoms with E-state index >= 15 is 0 Å². The highest BCUT2D eigenvalue weighted by molar-refractivity contribution is 7.80. The molecule has 0 aliphatic carbocycles. The van der Waals surface area contributed by atoms with Crippen LogP contribution in [0.1, 0.15) is 23.3 Å². The van der Waals surface area contributed by atoms with Crippen LogP contribution in [0, 0.1) is 0 Å². The first kappa shape index (κ1) is 22.1. The molecule has 6 rings (SSSR count). The molecule has 0 saturated carbocycles. The number of pyridine rings is 1. The maximum atomic E-state index is 6.00. The second-order valence-corrected chi connectivity index (χ2v) is 8.98. The number of hydrogen-bond acceptors (Lipinski definition) is 3. The van der Waals surface area contributed by atoms with Crippen molar-refractivity contribution >= 4 is 23.0 Å². The van der Waals surface area contributed by atoms with Crippen LogP contribution in [0.3, 0.4) is 0 Å². The van der Waals surface area contributed by atoms with Crippen LogP contribution in [0.5, 0.6) is 11.5 Å². The number of aromatic nitrogens is 2. The molecule has 3 heterocycles. The van der Waals surface area contributed by atoms with Crippen molar-refractivity contribution in [1.29, 1.82) is 0 Å². The number of ether oxygens (including phenoxy) is 1. The van der Waals surface area contributed by atoms with Gasteiger partial charge in [-0.05, 0) is 84.5 Å². The summed E-state index contributed by atoms with van der Waals surface area (Å²) in [5.41, 5.74) is 4.19. The molecular weight excluding hydrogens is 464 g/mol. The minimum absolute atomic E-state index is 0.0711. The zero-order valence-electron chi connectivity index (χ0n) is 19.4. The lowest BCUT2D eigenvalue weighted by Gasteiger charge is -2.27. The molecule has 5 nitrogen and oxygen atoms in total. The Bertz CT molecular complexity index is 1450. The summed E-state index contributed by atoms with van der Waals surface area (Å²) in [5.74, 6) is 1.58. The van der Waals surface area contributed by atoms with E-state index in [0.29, 0.717) is 5.11 Å². The zero-order valence-corrected chi connectivity index (χ0v) is 20.3. The van der Waals surface area contributed by atoms with Crippen molar-refractivity contribution in [2.75, 3.05) is 4.90 Å². The largest absolute Gasteiger partial charge is 0.457 e. The van der Waals surface area contributed by atoms with Gasteiger partial charge < -0.3 is 19.5 Å². The van der Waals surface area contributed by atoms with Gasteiger partial charge in [-0.25, -0.2) is 0 Å². The summed E-state index contributed by atoms with van der Waals surface area (Å²) in [7, 11) is 0. The van der Waals surface area contributed by atoms with Crippen molar-refractivity contribution in [1.82, 2.24) is 14.9 Å². The second kappa shape index (κ2) is 9.68. The summed E-state index contributed by atoms with van der Waals surface area (Å²) in [6.45, 7) is 0. The molecule has 5 aromatic rings. The summed E-state index contributed by atoms with van der Waals surface area (Å²) in [6, 6.07) is 36.1. The molecule has 0 bridgehead atoms. The smallest absolute Gasteiger partial charge is 0.174 e. The first-order chi connectivity index (χ1) is 17.8. The van der Waals surface area contributed by atoms with Crippen LogP contribution >= 0.6 is 12.2 Å². The third-order valence-electron chi connectivity index (χ3n) is 6.30. The van der Waals surface area contributed by atoms with Crippen molar-refractivity contribution in [2.45, 2.75) is 12.1 Å². The molecule has 2 unspecified atom stereocenters. The molecule has 176 valence electrons. The predicted molar refractivity (Wildman–Crippen MR) is 147 cm³/mol. The third kappa shape index (κ3) is 4.34. The van der Waals surface area contributed by atoms with E-state index < -0.39 is 0 Å². The van der Waals surface area contributed by atoms with Crippen LogP contribution < -0.4 is 15.0 Å². The number of rotatable bonds is 6. The number of benzene rings is 3. The van der Waals surface area contributed by atoms with Crippen molar-refractivity contribution < 1.29 is 4.74 Å². The van der Waals surface area contributed by atoms with E-state index in [1.807, 2.05) is 97.2 Å².